The molecule has 0 unspecified atom stereocenters. The zero-order valence-corrected chi connectivity index (χ0v) is 14.8. The smallest absolute Gasteiger partial charge is 0.186 e. The van der Waals surface area contributed by atoms with Crippen molar-refractivity contribution >= 4 is 16.6 Å². The molecule has 0 fully saturated rings. The number of hydrogen-bond donors (Lipinski definition) is 0. The molecule has 0 aromatic carbocycles. The number of carbonyl (C=O) groups excluding carboxylic acids is 1. The van der Waals surface area contributed by atoms with Gasteiger partial charge in [-0.25, -0.2) is 9.97 Å². The van der Waals surface area contributed by atoms with Gasteiger partial charge in [0, 0.05) is 37.6 Å². The number of pyridine rings is 2. The lowest BCUT2D eigenvalue weighted by Crippen LogP contribution is -2.10. The quantitative estimate of drug-likeness (QED) is 0.531. The first kappa shape index (κ1) is 16.1. The molecule has 0 aliphatic heterocycles. The van der Waals surface area contributed by atoms with Crippen LogP contribution in [-0.2, 0) is 20.5 Å². The van der Waals surface area contributed by atoms with Gasteiger partial charge in [0.05, 0.1) is 36.5 Å². The molecule has 7 heteroatoms. The number of aryl methyl sites for hydroxylation is 2. The van der Waals surface area contributed by atoms with E-state index in [0.717, 1.165) is 33.7 Å². The van der Waals surface area contributed by atoms with Crippen molar-refractivity contribution < 1.29 is 4.79 Å². The van der Waals surface area contributed by atoms with Crippen molar-refractivity contribution in [1.82, 2.24) is 29.1 Å². The summed E-state index contributed by atoms with van der Waals surface area (Å²) in [5.41, 5.74) is 3.09. The first-order valence-electron chi connectivity index (χ1n) is 8.26. The second-order valence-electron chi connectivity index (χ2n) is 6.33. The Morgan fingerprint density at radius 2 is 1.81 bits per heavy atom. The first-order valence-corrected chi connectivity index (χ1v) is 8.26. The van der Waals surface area contributed by atoms with E-state index in [1.807, 2.05) is 37.7 Å². The highest BCUT2D eigenvalue weighted by Crippen LogP contribution is 2.22. The van der Waals surface area contributed by atoms with E-state index in [9.17, 15) is 4.79 Å². The first-order chi connectivity index (χ1) is 12.5. The third kappa shape index (κ3) is 2.77. The summed E-state index contributed by atoms with van der Waals surface area (Å²) in [6.07, 6.45) is 8.92. The Morgan fingerprint density at radius 1 is 1.00 bits per heavy atom. The number of hydrogen-bond acceptors (Lipinski definition) is 5. The van der Waals surface area contributed by atoms with Crippen molar-refractivity contribution in [1.29, 1.82) is 0 Å². The number of Topliss-reactive ketones (excluding diaryl/α,β-unsaturated/α-hetero) is 1. The fourth-order valence-electron chi connectivity index (χ4n) is 2.94. The number of fused-ring (bicyclic) bond motifs is 1. The maximum atomic E-state index is 12.6. The van der Waals surface area contributed by atoms with E-state index >= 15 is 0 Å². The summed E-state index contributed by atoms with van der Waals surface area (Å²) >= 11 is 0. The molecule has 4 rings (SSSR count). The minimum atomic E-state index is 0.000800. The predicted molar refractivity (Wildman–Crippen MR) is 97.7 cm³/mol. The Morgan fingerprint density at radius 3 is 2.50 bits per heavy atom. The molecule has 0 aliphatic rings. The summed E-state index contributed by atoms with van der Waals surface area (Å²) in [5, 5.41) is 1.93. The van der Waals surface area contributed by atoms with Crippen LogP contribution in [0.5, 0.6) is 0 Å². The number of carbonyl (C=O) groups is 1. The average Bonchev–Trinajstić information content (AvgIpc) is 3.20. The van der Waals surface area contributed by atoms with Gasteiger partial charge in [0.25, 0.3) is 0 Å². The SMILES string of the molecule is Cc1ncc(C(=O)Cc2cc3cc(-c4cncn4C)ncc3cn2)n1C. The highest BCUT2D eigenvalue weighted by Gasteiger charge is 2.14. The topological polar surface area (TPSA) is 78.5 Å². The monoisotopic (exact) mass is 346 g/mol. The highest BCUT2D eigenvalue weighted by atomic mass is 16.1. The molecule has 4 aromatic rings. The molecule has 0 aliphatic carbocycles. The number of aromatic nitrogens is 6. The number of rotatable bonds is 4. The van der Waals surface area contributed by atoms with Crippen LogP contribution < -0.4 is 0 Å². The zero-order chi connectivity index (χ0) is 18.3. The van der Waals surface area contributed by atoms with Gasteiger partial charge in [-0.05, 0) is 24.4 Å². The largest absolute Gasteiger partial charge is 0.332 e. The van der Waals surface area contributed by atoms with Crippen LogP contribution in [-0.4, -0.2) is 34.9 Å². The molecule has 130 valence electrons. The molecule has 0 atom stereocenters. The van der Waals surface area contributed by atoms with Crippen LogP contribution in [0.1, 0.15) is 22.0 Å². The molecule has 0 saturated heterocycles. The number of ketones is 1. The van der Waals surface area contributed by atoms with Gasteiger partial charge >= 0.3 is 0 Å². The van der Waals surface area contributed by atoms with Crippen molar-refractivity contribution in [3.63, 3.8) is 0 Å². The Bertz CT molecular complexity index is 1120. The molecular weight excluding hydrogens is 328 g/mol. The van der Waals surface area contributed by atoms with E-state index in [1.165, 1.54) is 0 Å². The van der Waals surface area contributed by atoms with Crippen molar-refractivity contribution in [2.45, 2.75) is 13.3 Å². The molecule has 0 radical (unpaired) electrons. The lowest BCUT2D eigenvalue weighted by Gasteiger charge is -2.06. The van der Waals surface area contributed by atoms with Gasteiger partial charge in [0.2, 0.25) is 0 Å². The second kappa shape index (κ2) is 6.18. The number of nitrogens with zero attached hydrogens (tertiary/aromatic N) is 6. The molecule has 0 saturated carbocycles. The summed E-state index contributed by atoms with van der Waals surface area (Å²) in [7, 11) is 3.77. The van der Waals surface area contributed by atoms with Crippen LogP contribution in [0.4, 0.5) is 0 Å². The summed E-state index contributed by atoms with van der Waals surface area (Å²) < 4.78 is 3.72. The van der Waals surface area contributed by atoms with Crippen LogP contribution in [0.15, 0.2) is 43.2 Å². The lowest BCUT2D eigenvalue weighted by atomic mass is 10.1. The molecule has 4 heterocycles. The minimum Gasteiger partial charge on any atom is -0.332 e. The van der Waals surface area contributed by atoms with E-state index in [4.69, 9.17) is 0 Å². The van der Waals surface area contributed by atoms with Gasteiger partial charge in [0.1, 0.15) is 11.5 Å². The Kier molecular flexibility index (Phi) is 3.84. The third-order valence-electron chi connectivity index (χ3n) is 4.59. The molecule has 0 bridgehead atoms. The molecule has 4 aromatic heterocycles. The molecule has 26 heavy (non-hydrogen) atoms. The summed E-state index contributed by atoms with van der Waals surface area (Å²) in [6, 6.07) is 3.94. The van der Waals surface area contributed by atoms with Crippen LogP contribution in [0.2, 0.25) is 0 Å². The standard InChI is InChI=1S/C19H18N6O/c1-12-21-10-18(25(12)3)19(26)6-15-4-13-5-16(17-9-20-11-24(17)2)23-8-14(13)7-22-15/h4-5,7-11H,6H2,1-3H3. The summed E-state index contributed by atoms with van der Waals surface area (Å²) in [4.78, 5) is 29.8. The Labute approximate surface area is 150 Å². The van der Waals surface area contributed by atoms with E-state index < -0.39 is 0 Å². The van der Waals surface area contributed by atoms with E-state index in [2.05, 4.69) is 19.9 Å². The summed E-state index contributed by atoms with van der Waals surface area (Å²) in [5.74, 6) is 0.813. The zero-order valence-electron chi connectivity index (χ0n) is 14.8. The predicted octanol–water partition coefficient (Wildman–Crippen LogP) is 2.50. The average molecular weight is 346 g/mol. The van der Waals surface area contributed by atoms with Crippen LogP contribution in [0.3, 0.4) is 0 Å². The molecular formula is C19H18N6O. The van der Waals surface area contributed by atoms with E-state index in [1.54, 1.807) is 35.7 Å². The fraction of sp³-hybridized carbons (Fsp3) is 0.211. The number of imidazole rings is 2. The second-order valence-corrected chi connectivity index (χ2v) is 6.33. The van der Waals surface area contributed by atoms with E-state index in [0.29, 0.717) is 5.69 Å². The van der Waals surface area contributed by atoms with Crippen LogP contribution in [0, 0.1) is 6.92 Å². The molecule has 7 nitrogen and oxygen atoms in total. The van der Waals surface area contributed by atoms with Crippen molar-refractivity contribution in [2.24, 2.45) is 14.1 Å². The highest BCUT2D eigenvalue weighted by molar-refractivity contribution is 5.96. The normalized spacial score (nSPS) is 11.2. The van der Waals surface area contributed by atoms with Crippen LogP contribution >= 0.6 is 0 Å². The van der Waals surface area contributed by atoms with Gasteiger partial charge in [-0.2, -0.15) is 0 Å². The fourth-order valence-corrected chi connectivity index (χ4v) is 2.94. The molecule has 0 N–H and O–H groups in total. The van der Waals surface area contributed by atoms with Gasteiger partial charge in [-0.3, -0.25) is 14.8 Å². The summed E-state index contributed by atoms with van der Waals surface area (Å²) in [6.45, 7) is 1.87. The molecule has 0 spiro atoms. The van der Waals surface area contributed by atoms with Crippen LogP contribution in [0.25, 0.3) is 22.2 Å². The third-order valence-corrected chi connectivity index (χ3v) is 4.59. The Hall–Kier alpha value is -3.35. The van der Waals surface area contributed by atoms with Gasteiger partial charge < -0.3 is 9.13 Å². The minimum absolute atomic E-state index is 0.000800. The van der Waals surface area contributed by atoms with Crippen molar-refractivity contribution in [3.05, 3.63) is 60.5 Å². The van der Waals surface area contributed by atoms with Gasteiger partial charge in [0.15, 0.2) is 5.78 Å². The van der Waals surface area contributed by atoms with Crippen molar-refractivity contribution in [3.8, 4) is 11.4 Å². The molecule has 0 amide bonds. The maximum Gasteiger partial charge on any atom is 0.186 e. The van der Waals surface area contributed by atoms with Gasteiger partial charge in [-0.15, -0.1) is 0 Å². The van der Waals surface area contributed by atoms with Gasteiger partial charge in [-0.1, -0.05) is 0 Å². The van der Waals surface area contributed by atoms with Crippen molar-refractivity contribution in [2.75, 3.05) is 0 Å². The van der Waals surface area contributed by atoms with E-state index in [-0.39, 0.29) is 12.2 Å². The lowest BCUT2D eigenvalue weighted by molar-refractivity contribution is 0.0984. The maximum absolute atomic E-state index is 12.6. The Balaban J connectivity index is 1.67.